The highest BCUT2D eigenvalue weighted by Gasteiger charge is 2.70. The zero-order valence-corrected chi connectivity index (χ0v) is 21.9. The molecule has 3 aromatic rings. The average Bonchev–Trinajstić information content (AvgIpc) is 3.63. The number of carbonyl (C=O) groups is 3. The van der Waals surface area contributed by atoms with Gasteiger partial charge in [-0.1, -0.05) is 41.7 Å². The standard InChI is InChI=1S/C28H24N2O6S2/c1-12(27(33)34)30-25(31)20-16-11-17(21(20)26(30)32)22-19(16)18(23-24(37-22)29-28(35)38-23)13-6-5-9-15(10-13)36-14-7-3-2-4-8-14/h2-10,12,16-22H,11H2,1H3,(H,29,35)(H,33,34)/t12-,16-,17-,18-,19-,20+,21-,22+/m1/s1. The number of rotatable bonds is 5. The molecule has 1 saturated heterocycles. The van der Waals surface area contributed by atoms with Crippen LogP contribution in [0.15, 0.2) is 64.4 Å². The van der Waals surface area contributed by atoms with Gasteiger partial charge in [-0.25, -0.2) is 4.79 Å². The summed E-state index contributed by atoms with van der Waals surface area (Å²) in [6, 6.07) is 16.2. The van der Waals surface area contributed by atoms with Crippen LogP contribution < -0.4 is 9.61 Å². The molecule has 38 heavy (non-hydrogen) atoms. The van der Waals surface area contributed by atoms with Gasteiger partial charge in [0, 0.05) is 16.0 Å². The van der Waals surface area contributed by atoms with Crippen LogP contribution in [0.2, 0.25) is 0 Å². The van der Waals surface area contributed by atoms with Crippen LogP contribution in [0.5, 0.6) is 11.5 Å². The Morgan fingerprint density at radius 1 is 1.03 bits per heavy atom. The number of aromatic amines is 1. The van der Waals surface area contributed by atoms with Crippen LogP contribution in [-0.2, 0) is 14.4 Å². The van der Waals surface area contributed by atoms with E-state index in [9.17, 15) is 24.3 Å². The number of ether oxygens (including phenoxy) is 1. The second-order valence-electron chi connectivity index (χ2n) is 10.5. The molecule has 10 heteroatoms. The molecule has 0 radical (unpaired) electrons. The van der Waals surface area contributed by atoms with Crippen molar-refractivity contribution in [2.75, 3.05) is 0 Å². The van der Waals surface area contributed by atoms with Gasteiger partial charge in [-0.15, -0.1) is 11.8 Å². The average molecular weight is 549 g/mol. The van der Waals surface area contributed by atoms with Crippen LogP contribution >= 0.6 is 23.1 Å². The topological polar surface area (TPSA) is 117 Å². The van der Waals surface area contributed by atoms with E-state index < -0.39 is 23.8 Å². The van der Waals surface area contributed by atoms with Crippen LogP contribution in [0.3, 0.4) is 0 Å². The second-order valence-corrected chi connectivity index (χ2v) is 12.7. The number of carboxylic acids is 1. The predicted molar refractivity (Wildman–Crippen MR) is 140 cm³/mol. The first kappa shape index (κ1) is 23.7. The van der Waals surface area contributed by atoms with E-state index in [-0.39, 0.29) is 45.6 Å². The molecule has 8 nitrogen and oxygen atoms in total. The van der Waals surface area contributed by atoms with Gasteiger partial charge in [0.2, 0.25) is 11.8 Å². The van der Waals surface area contributed by atoms with Gasteiger partial charge in [0.25, 0.3) is 0 Å². The number of para-hydroxylation sites is 1. The molecule has 1 aromatic heterocycles. The fourth-order valence-corrected chi connectivity index (χ4v) is 10.2. The highest BCUT2D eigenvalue weighted by atomic mass is 32.2. The molecule has 0 spiro atoms. The quantitative estimate of drug-likeness (QED) is 0.460. The van der Waals surface area contributed by atoms with Gasteiger partial charge in [0.05, 0.1) is 16.9 Å². The number of likely N-dealkylation sites (tertiary alicyclic amines) is 1. The van der Waals surface area contributed by atoms with Crippen molar-refractivity contribution in [3.8, 4) is 11.5 Å². The molecule has 0 unspecified atom stereocenters. The van der Waals surface area contributed by atoms with E-state index in [0.29, 0.717) is 5.75 Å². The Morgan fingerprint density at radius 3 is 2.47 bits per heavy atom. The summed E-state index contributed by atoms with van der Waals surface area (Å²) in [6.45, 7) is 1.40. The molecule has 2 aliphatic carbocycles. The fourth-order valence-electron chi connectivity index (χ4n) is 7.30. The Bertz CT molecular complexity index is 1530. The lowest BCUT2D eigenvalue weighted by atomic mass is 9.68. The number of imide groups is 1. The van der Waals surface area contributed by atoms with E-state index >= 15 is 0 Å². The van der Waals surface area contributed by atoms with Crippen LogP contribution in [0.1, 0.15) is 29.7 Å². The van der Waals surface area contributed by atoms with Crippen molar-refractivity contribution in [1.29, 1.82) is 0 Å². The van der Waals surface area contributed by atoms with Gasteiger partial charge in [0.15, 0.2) is 0 Å². The number of thioether (sulfide) groups is 1. The highest BCUT2D eigenvalue weighted by molar-refractivity contribution is 8.00. The van der Waals surface area contributed by atoms with Gasteiger partial charge in [-0.3, -0.25) is 19.3 Å². The zero-order chi connectivity index (χ0) is 26.3. The third-order valence-corrected chi connectivity index (χ3v) is 11.3. The van der Waals surface area contributed by atoms with Crippen molar-refractivity contribution in [1.82, 2.24) is 9.88 Å². The van der Waals surface area contributed by atoms with Crippen molar-refractivity contribution >= 4 is 40.9 Å². The third kappa shape index (κ3) is 3.36. The van der Waals surface area contributed by atoms with E-state index in [1.165, 1.54) is 18.3 Å². The number of nitrogens with zero attached hydrogens (tertiary/aromatic N) is 1. The molecule has 3 heterocycles. The normalized spacial score (nSPS) is 31.6. The summed E-state index contributed by atoms with van der Waals surface area (Å²) in [7, 11) is 0. The summed E-state index contributed by atoms with van der Waals surface area (Å²) in [6.07, 6.45) is 0.750. The molecule has 8 atom stereocenters. The van der Waals surface area contributed by atoms with E-state index in [4.69, 9.17) is 4.74 Å². The lowest BCUT2D eigenvalue weighted by molar-refractivity contribution is -0.154. The number of nitrogens with one attached hydrogen (secondary N) is 1. The third-order valence-electron chi connectivity index (χ3n) is 8.70. The first-order valence-electron chi connectivity index (χ1n) is 12.7. The molecule has 2 N–H and O–H groups in total. The predicted octanol–water partition coefficient (Wildman–Crippen LogP) is 4.18. The van der Waals surface area contributed by atoms with E-state index in [0.717, 1.165) is 32.5 Å². The minimum Gasteiger partial charge on any atom is -0.480 e. The minimum atomic E-state index is -1.18. The summed E-state index contributed by atoms with van der Waals surface area (Å²) < 4.78 is 6.11. The molecule has 7 rings (SSSR count). The first-order valence-corrected chi connectivity index (χ1v) is 14.4. The van der Waals surface area contributed by atoms with E-state index in [2.05, 4.69) is 4.98 Å². The molecule has 2 saturated carbocycles. The molecule has 2 aromatic carbocycles. The second kappa shape index (κ2) is 8.57. The first-order chi connectivity index (χ1) is 18.3. The van der Waals surface area contributed by atoms with Crippen molar-refractivity contribution in [3.63, 3.8) is 0 Å². The SMILES string of the molecule is C[C@H](C(=O)O)N1C(=O)[C@@H]2[C@H]3C[C@@H]([C@@H]2C1=O)[C@@H]1[C@@H](c2cccc(Oc4ccccc4)c2)c2sc(=O)[nH]c2S[C@@H]31. The van der Waals surface area contributed by atoms with Crippen LogP contribution in [0, 0.1) is 29.6 Å². The van der Waals surface area contributed by atoms with E-state index in [1.54, 1.807) is 11.8 Å². The lowest BCUT2D eigenvalue weighted by Gasteiger charge is -2.43. The van der Waals surface area contributed by atoms with Gasteiger partial charge in [0.1, 0.15) is 17.5 Å². The van der Waals surface area contributed by atoms with Gasteiger partial charge < -0.3 is 14.8 Å². The number of thiazole rings is 1. The molecule has 194 valence electrons. The van der Waals surface area contributed by atoms with Crippen LogP contribution in [-0.4, -0.2) is 44.1 Å². The Balaban J connectivity index is 1.29. The van der Waals surface area contributed by atoms with Gasteiger partial charge in [-0.2, -0.15) is 0 Å². The maximum absolute atomic E-state index is 13.5. The van der Waals surface area contributed by atoms with Gasteiger partial charge in [-0.05, 0) is 60.9 Å². The smallest absolute Gasteiger partial charge is 0.326 e. The highest BCUT2D eigenvalue weighted by Crippen LogP contribution is 2.68. The summed E-state index contributed by atoms with van der Waals surface area (Å²) in [5.41, 5.74) is 1.00. The molecule has 2 aliphatic heterocycles. The maximum atomic E-state index is 13.5. The molecular formula is C28H24N2O6S2. The zero-order valence-electron chi connectivity index (χ0n) is 20.3. The number of aromatic nitrogens is 1. The number of amides is 2. The molecule has 4 aliphatic rings. The Kier molecular flexibility index (Phi) is 5.35. The van der Waals surface area contributed by atoms with Crippen LogP contribution in [0.4, 0.5) is 0 Å². The monoisotopic (exact) mass is 548 g/mol. The van der Waals surface area contributed by atoms with E-state index in [1.807, 2.05) is 54.6 Å². The molecule has 3 fully saturated rings. The number of hydrogen-bond donors (Lipinski definition) is 2. The number of carboxylic acid groups (broad SMARTS) is 1. The fraction of sp³-hybridized carbons (Fsp3) is 0.357. The van der Waals surface area contributed by atoms with Crippen molar-refractivity contribution in [2.45, 2.75) is 35.6 Å². The molecule has 2 amide bonds. The largest absolute Gasteiger partial charge is 0.480 e. The number of benzene rings is 2. The summed E-state index contributed by atoms with van der Waals surface area (Å²) in [5, 5.41) is 10.4. The van der Waals surface area contributed by atoms with Gasteiger partial charge >= 0.3 is 10.8 Å². The van der Waals surface area contributed by atoms with Crippen LogP contribution in [0.25, 0.3) is 0 Å². The Hall–Kier alpha value is -3.37. The Morgan fingerprint density at radius 2 is 1.74 bits per heavy atom. The number of carbonyl (C=O) groups excluding carboxylic acids is 2. The summed E-state index contributed by atoms with van der Waals surface area (Å²) in [5.74, 6) is -1.73. The number of aliphatic carboxylic acids is 1. The summed E-state index contributed by atoms with van der Waals surface area (Å²) in [4.78, 5) is 55.9. The number of hydrogen-bond acceptors (Lipinski definition) is 7. The summed E-state index contributed by atoms with van der Waals surface area (Å²) >= 11 is 2.81. The van der Waals surface area contributed by atoms with Crippen molar-refractivity contribution in [2.24, 2.45) is 29.6 Å². The molecule has 2 bridgehead atoms. The maximum Gasteiger partial charge on any atom is 0.326 e. The number of H-pyrrole nitrogens is 1. The molecular weight excluding hydrogens is 524 g/mol. The van der Waals surface area contributed by atoms with Crippen molar-refractivity contribution in [3.05, 3.63) is 74.7 Å². The Labute approximate surface area is 226 Å². The van der Waals surface area contributed by atoms with Crippen molar-refractivity contribution < 1.29 is 24.2 Å². The lowest BCUT2D eigenvalue weighted by Crippen LogP contribution is -2.44. The number of fused-ring (bicyclic) bond motifs is 9. The minimum absolute atomic E-state index is 0.0361.